The quantitative estimate of drug-likeness (QED) is 0.916. The summed E-state index contributed by atoms with van der Waals surface area (Å²) >= 11 is 3.57. The molecule has 2 atom stereocenters. The fraction of sp³-hybridized carbons (Fsp3) is 0.625. The highest BCUT2D eigenvalue weighted by atomic mass is 79.9. The zero-order valence-electron chi connectivity index (χ0n) is 12.1. The molecule has 2 fully saturated rings. The van der Waals surface area contributed by atoms with Crippen LogP contribution in [0.15, 0.2) is 28.7 Å². The Bertz CT molecular complexity index is 451. The van der Waals surface area contributed by atoms with Crippen molar-refractivity contribution in [1.82, 2.24) is 9.80 Å². The Hall–Kier alpha value is -0.420. The van der Waals surface area contributed by atoms with Gasteiger partial charge in [-0.05, 0) is 37.5 Å². The van der Waals surface area contributed by atoms with Gasteiger partial charge in [-0.1, -0.05) is 28.1 Å². The highest BCUT2D eigenvalue weighted by Crippen LogP contribution is 2.31. The van der Waals surface area contributed by atoms with Crippen molar-refractivity contribution in [3.63, 3.8) is 0 Å². The molecule has 110 valence electrons. The van der Waals surface area contributed by atoms with Gasteiger partial charge in [0, 0.05) is 48.8 Å². The lowest BCUT2D eigenvalue weighted by atomic mass is 9.98. The Morgan fingerprint density at radius 3 is 2.45 bits per heavy atom. The lowest BCUT2D eigenvalue weighted by molar-refractivity contribution is 0.0826. The molecule has 3 nitrogen and oxygen atoms in total. The van der Waals surface area contributed by atoms with E-state index < -0.39 is 0 Å². The summed E-state index contributed by atoms with van der Waals surface area (Å²) in [6.45, 7) is 6.78. The minimum Gasteiger partial charge on any atom is -0.326 e. The molecule has 0 amide bonds. The molecule has 2 aliphatic rings. The van der Waals surface area contributed by atoms with Gasteiger partial charge in [-0.3, -0.25) is 9.80 Å². The summed E-state index contributed by atoms with van der Waals surface area (Å²) < 4.78 is 1.14. The van der Waals surface area contributed by atoms with Crippen LogP contribution in [-0.4, -0.2) is 48.1 Å². The molecule has 0 radical (unpaired) electrons. The third-order valence-electron chi connectivity index (χ3n) is 4.49. The fourth-order valence-electron chi connectivity index (χ4n) is 3.36. The third-order valence-corrected chi connectivity index (χ3v) is 4.99. The predicted octanol–water partition coefficient (Wildman–Crippen LogP) is 2.62. The second-order valence-corrected chi connectivity index (χ2v) is 7.08. The van der Waals surface area contributed by atoms with Crippen LogP contribution in [0.3, 0.4) is 0 Å². The normalized spacial score (nSPS) is 24.6. The van der Waals surface area contributed by atoms with Gasteiger partial charge in [0.2, 0.25) is 0 Å². The maximum absolute atomic E-state index is 6.29. The van der Waals surface area contributed by atoms with Crippen LogP contribution in [0.25, 0.3) is 0 Å². The van der Waals surface area contributed by atoms with Crippen molar-refractivity contribution in [3.8, 4) is 0 Å². The lowest BCUT2D eigenvalue weighted by Crippen LogP contribution is -2.51. The van der Waals surface area contributed by atoms with E-state index in [0.29, 0.717) is 6.04 Å². The predicted molar refractivity (Wildman–Crippen MR) is 86.7 cm³/mol. The average molecular weight is 338 g/mol. The van der Waals surface area contributed by atoms with E-state index in [1.54, 1.807) is 0 Å². The van der Waals surface area contributed by atoms with Crippen LogP contribution >= 0.6 is 15.9 Å². The summed E-state index contributed by atoms with van der Waals surface area (Å²) in [7, 11) is 0. The van der Waals surface area contributed by atoms with Crippen molar-refractivity contribution in [1.29, 1.82) is 0 Å². The molecule has 1 heterocycles. The van der Waals surface area contributed by atoms with Crippen molar-refractivity contribution in [2.75, 3.05) is 26.2 Å². The fourth-order valence-corrected chi connectivity index (χ4v) is 3.77. The molecule has 1 saturated carbocycles. The summed E-state index contributed by atoms with van der Waals surface area (Å²) in [6.07, 6.45) is 2.81. The van der Waals surface area contributed by atoms with Gasteiger partial charge < -0.3 is 5.73 Å². The molecule has 20 heavy (non-hydrogen) atoms. The zero-order valence-corrected chi connectivity index (χ0v) is 13.7. The third kappa shape index (κ3) is 3.25. The van der Waals surface area contributed by atoms with E-state index in [0.717, 1.165) is 23.6 Å². The highest BCUT2D eigenvalue weighted by molar-refractivity contribution is 9.10. The number of nitrogens with two attached hydrogens (primary N) is 1. The molecule has 1 saturated heterocycles. The van der Waals surface area contributed by atoms with Crippen LogP contribution in [0.4, 0.5) is 0 Å². The smallest absolute Gasteiger partial charge is 0.0497 e. The van der Waals surface area contributed by atoms with Crippen molar-refractivity contribution >= 4 is 15.9 Å². The Balaban J connectivity index is 1.71. The first kappa shape index (κ1) is 14.5. The van der Waals surface area contributed by atoms with E-state index >= 15 is 0 Å². The lowest BCUT2D eigenvalue weighted by Gasteiger charge is -2.41. The largest absolute Gasteiger partial charge is 0.326 e. The molecule has 1 aliphatic carbocycles. The Morgan fingerprint density at radius 1 is 1.20 bits per heavy atom. The van der Waals surface area contributed by atoms with Gasteiger partial charge in [-0.15, -0.1) is 0 Å². The molecule has 0 bridgehead atoms. The highest BCUT2D eigenvalue weighted by Gasteiger charge is 2.34. The van der Waals surface area contributed by atoms with Crippen LogP contribution in [-0.2, 0) is 0 Å². The number of benzene rings is 1. The van der Waals surface area contributed by atoms with Crippen molar-refractivity contribution in [2.45, 2.75) is 37.9 Å². The van der Waals surface area contributed by atoms with Crippen LogP contribution in [0.2, 0.25) is 0 Å². The van der Waals surface area contributed by atoms with Crippen LogP contribution in [0, 0.1) is 0 Å². The van der Waals surface area contributed by atoms with E-state index in [9.17, 15) is 0 Å². The average Bonchev–Trinajstić information content (AvgIpc) is 3.24. The van der Waals surface area contributed by atoms with Crippen molar-refractivity contribution in [2.24, 2.45) is 5.73 Å². The number of rotatable bonds is 4. The summed E-state index contributed by atoms with van der Waals surface area (Å²) in [4.78, 5) is 5.21. The van der Waals surface area contributed by atoms with E-state index in [1.165, 1.54) is 31.5 Å². The first-order valence-corrected chi connectivity index (χ1v) is 8.43. The molecule has 2 N–H and O–H groups in total. The van der Waals surface area contributed by atoms with E-state index in [-0.39, 0.29) is 6.04 Å². The molecule has 2 unspecified atom stereocenters. The number of piperazine rings is 1. The number of halogens is 1. The topological polar surface area (TPSA) is 32.5 Å². The minimum absolute atomic E-state index is 0.150. The zero-order chi connectivity index (χ0) is 14.1. The Morgan fingerprint density at radius 2 is 1.90 bits per heavy atom. The second kappa shape index (κ2) is 6.14. The number of nitrogens with zero attached hydrogens (tertiary/aromatic N) is 2. The first-order chi connectivity index (χ1) is 9.65. The maximum Gasteiger partial charge on any atom is 0.0497 e. The van der Waals surface area contributed by atoms with Gasteiger partial charge >= 0.3 is 0 Å². The maximum atomic E-state index is 6.29. The Kier molecular flexibility index (Phi) is 4.46. The SMILES string of the molecule is CC(N)C(c1cccc(Br)c1)N1CCN(C2CC2)CC1. The monoisotopic (exact) mass is 337 g/mol. The van der Waals surface area contributed by atoms with Crippen molar-refractivity contribution in [3.05, 3.63) is 34.3 Å². The molecule has 1 aromatic rings. The second-order valence-electron chi connectivity index (χ2n) is 6.16. The summed E-state index contributed by atoms with van der Waals surface area (Å²) in [5, 5.41) is 0. The van der Waals surface area contributed by atoms with Crippen LogP contribution < -0.4 is 5.73 Å². The molecule has 1 aromatic carbocycles. The van der Waals surface area contributed by atoms with E-state index in [4.69, 9.17) is 5.73 Å². The Labute approximate surface area is 130 Å². The minimum atomic E-state index is 0.150. The summed E-state index contributed by atoms with van der Waals surface area (Å²) in [5.41, 5.74) is 7.61. The molecule has 0 aromatic heterocycles. The van der Waals surface area contributed by atoms with Gasteiger partial charge in [0.15, 0.2) is 0 Å². The van der Waals surface area contributed by atoms with Gasteiger partial charge in [0.05, 0.1) is 0 Å². The van der Waals surface area contributed by atoms with Gasteiger partial charge in [-0.25, -0.2) is 0 Å². The van der Waals surface area contributed by atoms with Crippen molar-refractivity contribution < 1.29 is 0 Å². The standard InChI is InChI=1S/C16H24BrN3/c1-12(18)16(13-3-2-4-14(17)11-13)20-9-7-19(8-10-20)15-5-6-15/h2-4,11-12,15-16H,5-10,18H2,1H3. The summed E-state index contributed by atoms with van der Waals surface area (Å²) in [5.74, 6) is 0. The first-order valence-electron chi connectivity index (χ1n) is 7.64. The molecule has 0 spiro atoms. The summed E-state index contributed by atoms with van der Waals surface area (Å²) in [6, 6.07) is 9.96. The number of hydrogen-bond donors (Lipinski definition) is 1. The van der Waals surface area contributed by atoms with E-state index in [2.05, 4.69) is 56.9 Å². The van der Waals surface area contributed by atoms with Gasteiger partial charge in [0.1, 0.15) is 0 Å². The van der Waals surface area contributed by atoms with Gasteiger partial charge in [0.25, 0.3) is 0 Å². The van der Waals surface area contributed by atoms with Crippen LogP contribution in [0.1, 0.15) is 31.4 Å². The molecule has 4 heteroatoms. The number of hydrogen-bond acceptors (Lipinski definition) is 3. The van der Waals surface area contributed by atoms with Gasteiger partial charge in [-0.2, -0.15) is 0 Å². The molecular formula is C16H24BrN3. The molecule has 1 aliphatic heterocycles. The molecular weight excluding hydrogens is 314 g/mol. The molecule has 3 rings (SSSR count). The van der Waals surface area contributed by atoms with Crippen LogP contribution in [0.5, 0.6) is 0 Å². The van der Waals surface area contributed by atoms with E-state index in [1.807, 2.05) is 0 Å².